The lowest BCUT2D eigenvalue weighted by Crippen LogP contribution is -2.09. The molecule has 0 aliphatic carbocycles. The summed E-state index contributed by atoms with van der Waals surface area (Å²) in [7, 11) is 0. The third-order valence-electron chi connectivity index (χ3n) is 5.41. The minimum absolute atomic E-state index is 0.185. The molecule has 0 radical (unpaired) electrons. The van der Waals surface area contributed by atoms with Crippen LogP contribution >= 0.6 is 11.6 Å². The summed E-state index contributed by atoms with van der Waals surface area (Å²) < 4.78 is 12.8. The Morgan fingerprint density at radius 1 is 1.16 bits per heavy atom. The smallest absolute Gasteiger partial charge is 0.331 e. The van der Waals surface area contributed by atoms with Gasteiger partial charge in [0.25, 0.3) is 0 Å². The van der Waals surface area contributed by atoms with Crippen molar-refractivity contribution in [3.8, 4) is 11.5 Å². The summed E-state index contributed by atoms with van der Waals surface area (Å²) in [5, 5.41) is 10.6. The number of nitrogens with zero attached hydrogens (tertiary/aromatic N) is 2. The van der Waals surface area contributed by atoms with Gasteiger partial charge in [0, 0.05) is 30.0 Å². The second kappa shape index (κ2) is 9.92. The molecule has 0 spiro atoms. The maximum atomic E-state index is 12.1. The molecule has 0 atom stereocenters. The number of hydrogen-bond donors (Lipinski definition) is 1. The van der Waals surface area contributed by atoms with Crippen LogP contribution < -0.4 is 9.47 Å². The van der Waals surface area contributed by atoms with Crippen molar-refractivity contribution < 1.29 is 19.4 Å². The molecule has 166 valence electrons. The third kappa shape index (κ3) is 5.14. The van der Waals surface area contributed by atoms with Gasteiger partial charge in [-0.05, 0) is 47.9 Å². The number of aromatic nitrogens is 2. The van der Waals surface area contributed by atoms with E-state index in [2.05, 4.69) is 16.5 Å². The van der Waals surface area contributed by atoms with Crippen LogP contribution in [0.15, 0.2) is 54.2 Å². The molecule has 0 unspecified atom stereocenters. The van der Waals surface area contributed by atoms with Crippen LogP contribution in [0.5, 0.6) is 11.5 Å². The fraction of sp³-hybridized carbons (Fsp3) is 0.280. The van der Waals surface area contributed by atoms with Gasteiger partial charge in [-0.1, -0.05) is 43.1 Å². The fourth-order valence-electron chi connectivity index (χ4n) is 3.67. The molecule has 1 aromatic heterocycles. The lowest BCUT2D eigenvalue weighted by molar-refractivity contribution is -0.132. The van der Waals surface area contributed by atoms with Crippen molar-refractivity contribution in [3.63, 3.8) is 0 Å². The molecule has 2 aromatic carbocycles. The van der Waals surface area contributed by atoms with Crippen molar-refractivity contribution in [1.82, 2.24) is 9.55 Å². The number of carboxylic acid groups (broad SMARTS) is 1. The van der Waals surface area contributed by atoms with Crippen LogP contribution in [0.4, 0.5) is 0 Å². The molecule has 0 fully saturated rings. The fourth-order valence-corrected chi connectivity index (χ4v) is 3.80. The largest absolute Gasteiger partial charge is 0.478 e. The summed E-state index contributed by atoms with van der Waals surface area (Å²) in [4.78, 5) is 16.7. The molecule has 3 aromatic rings. The van der Waals surface area contributed by atoms with E-state index in [1.807, 2.05) is 42.5 Å². The van der Waals surface area contributed by atoms with Gasteiger partial charge in [0.05, 0.1) is 11.9 Å². The van der Waals surface area contributed by atoms with Crippen molar-refractivity contribution in [3.05, 3.63) is 81.9 Å². The molecule has 1 aliphatic rings. The van der Waals surface area contributed by atoms with E-state index in [4.69, 9.17) is 21.1 Å². The zero-order valence-corrected chi connectivity index (χ0v) is 18.6. The van der Waals surface area contributed by atoms with Crippen molar-refractivity contribution in [2.45, 2.75) is 39.2 Å². The quantitative estimate of drug-likeness (QED) is 0.442. The Balaban J connectivity index is 1.65. The number of rotatable bonds is 9. The number of benzene rings is 2. The summed E-state index contributed by atoms with van der Waals surface area (Å²) in [6, 6.07) is 13.2. The Labute approximate surface area is 192 Å². The van der Waals surface area contributed by atoms with Crippen LogP contribution in [-0.4, -0.2) is 27.4 Å². The standard InChI is InChI=1S/C25H25ClN2O4/c1-2-3-4-24-27-14-21(28(24)15-17-5-8-20(26)9-6-17)13-19(25(29)30)11-18-7-10-22-23(12-18)32-16-31-22/h5-10,12-14H,2-4,11,15-16H2,1H3,(H,29,30)/b19-13+. The molecule has 1 aliphatic heterocycles. The first-order chi connectivity index (χ1) is 15.5. The van der Waals surface area contributed by atoms with E-state index in [0.717, 1.165) is 41.9 Å². The molecule has 7 heteroatoms. The van der Waals surface area contributed by atoms with Gasteiger partial charge in [-0.3, -0.25) is 0 Å². The predicted molar refractivity (Wildman–Crippen MR) is 123 cm³/mol. The number of aryl methyl sites for hydroxylation is 1. The van der Waals surface area contributed by atoms with E-state index in [1.54, 1.807) is 12.3 Å². The Kier molecular flexibility index (Phi) is 6.81. The van der Waals surface area contributed by atoms with Gasteiger partial charge in [0.15, 0.2) is 11.5 Å². The van der Waals surface area contributed by atoms with E-state index < -0.39 is 5.97 Å². The van der Waals surface area contributed by atoms with Gasteiger partial charge < -0.3 is 19.1 Å². The van der Waals surface area contributed by atoms with Crippen LogP contribution in [0.1, 0.15) is 42.4 Å². The average molecular weight is 453 g/mol. The van der Waals surface area contributed by atoms with Crippen molar-refractivity contribution >= 4 is 23.6 Å². The summed E-state index contributed by atoms with van der Waals surface area (Å²) in [6.07, 6.45) is 6.65. The lowest BCUT2D eigenvalue weighted by Gasteiger charge is -2.12. The Morgan fingerprint density at radius 3 is 2.66 bits per heavy atom. The van der Waals surface area contributed by atoms with E-state index in [9.17, 15) is 9.90 Å². The highest BCUT2D eigenvalue weighted by molar-refractivity contribution is 6.30. The van der Waals surface area contributed by atoms with Gasteiger partial charge in [-0.15, -0.1) is 0 Å². The first-order valence-corrected chi connectivity index (χ1v) is 11.0. The van der Waals surface area contributed by atoms with Crippen LogP contribution in [0, 0.1) is 0 Å². The highest BCUT2D eigenvalue weighted by atomic mass is 35.5. The monoisotopic (exact) mass is 452 g/mol. The van der Waals surface area contributed by atoms with Crippen LogP contribution in [0.2, 0.25) is 5.02 Å². The summed E-state index contributed by atoms with van der Waals surface area (Å²) in [5.74, 6) is 1.30. The summed E-state index contributed by atoms with van der Waals surface area (Å²) in [5.41, 5.74) is 2.97. The normalized spacial score (nSPS) is 12.9. The number of carboxylic acids is 1. The highest BCUT2D eigenvalue weighted by Gasteiger charge is 2.17. The number of fused-ring (bicyclic) bond motifs is 1. The van der Waals surface area contributed by atoms with E-state index in [-0.39, 0.29) is 18.8 Å². The maximum absolute atomic E-state index is 12.1. The maximum Gasteiger partial charge on any atom is 0.331 e. The molecule has 6 nitrogen and oxygen atoms in total. The number of carbonyl (C=O) groups is 1. The van der Waals surface area contributed by atoms with E-state index >= 15 is 0 Å². The number of hydrogen-bond acceptors (Lipinski definition) is 4. The molecule has 0 bridgehead atoms. The average Bonchev–Trinajstić information content (AvgIpc) is 3.40. The number of unbranched alkanes of at least 4 members (excludes halogenated alkanes) is 1. The van der Waals surface area contributed by atoms with Gasteiger partial charge in [-0.2, -0.15) is 0 Å². The summed E-state index contributed by atoms with van der Waals surface area (Å²) in [6.45, 7) is 2.92. The number of ether oxygens (including phenoxy) is 2. The number of aliphatic carboxylic acids is 1. The molecule has 0 saturated carbocycles. The first-order valence-electron chi connectivity index (χ1n) is 10.6. The molecular formula is C25H25ClN2O4. The Morgan fingerprint density at radius 2 is 1.91 bits per heavy atom. The molecular weight excluding hydrogens is 428 g/mol. The first kappa shape index (κ1) is 22.0. The van der Waals surface area contributed by atoms with Crippen LogP contribution in [0.25, 0.3) is 6.08 Å². The predicted octanol–water partition coefficient (Wildman–Crippen LogP) is 5.37. The topological polar surface area (TPSA) is 73.6 Å². The van der Waals surface area contributed by atoms with Gasteiger partial charge in [0.2, 0.25) is 6.79 Å². The minimum Gasteiger partial charge on any atom is -0.478 e. The molecule has 32 heavy (non-hydrogen) atoms. The third-order valence-corrected chi connectivity index (χ3v) is 5.66. The minimum atomic E-state index is -0.961. The molecule has 0 amide bonds. The number of imidazole rings is 1. The SMILES string of the molecule is CCCCc1ncc(/C=C(\Cc2ccc3c(c2)OCO3)C(=O)O)n1Cc1ccc(Cl)cc1. The Hall–Kier alpha value is -3.25. The molecule has 0 saturated heterocycles. The second-order valence-corrected chi connectivity index (χ2v) is 8.19. The molecule has 4 rings (SSSR count). The highest BCUT2D eigenvalue weighted by Crippen LogP contribution is 2.33. The zero-order chi connectivity index (χ0) is 22.5. The lowest BCUT2D eigenvalue weighted by atomic mass is 10.0. The van der Waals surface area contributed by atoms with Crippen molar-refractivity contribution in [2.24, 2.45) is 0 Å². The van der Waals surface area contributed by atoms with Crippen molar-refractivity contribution in [1.29, 1.82) is 0 Å². The van der Waals surface area contributed by atoms with Crippen LogP contribution in [0.3, 0.4) is 0 Å². The van der Waals surface area contributed by atoms with E-state index in [0.29, 0.717) is 23.1 Å². The van der Waals surface area contributed by atoms with Crippen LogP contribution in [-0.2, 0) is 24.2 Å². The summed E-state index contributed by atoms with van der Waals surface area (Å²) >= 11 is 6.03. The second-order valence-electron chi connectivity index (χ2n) is 7.75. The number of halogens is 1. The van der Waals surface area contributed by atoms with Gasteiger partial charge >= 0.3 is 5.97 Å². The van der Waals surface area contributed by atoms with E-state index in [1.165, 1.54) is 0 Å². The van der Waals surface area contributed by atoms with Gasteiger partial charge in [-0.25, -0.2) is 9.78 Å². The molecule has 2 heterocycles. The molecule has 1 N–H and O–H groups in total. The van der Waals surface area contributed by atoms with Crippen molar-refractivity contribution in [2.75, 3.05) is 6.79 Å². The Bertz CT molecular complexity index is 1140. The zero-order valence-electron chi connectivity index (χ0n) is 17.9. The van der Waals surface area contributed by atoms with Gasteiger partial charge in [0.1, 0.15) is 5.82 Å².